The van der Waals surface area contributed by atoms with E-state index in [9.17, 15) is 9.59 Å². The quantitative estimate of drug-likeness (QED) is 0.735. The molecule has 2 aliphatic heterocycles. The summed E-state index contributed by atoms with van der Waals surface area (Å²) in [4.78, 5) is 28.2. The highest BCUT2D eigenvalue weighted by atomic mass is 16.5. The lowest BCUT2D eigenvalue weighted by Crippen LogP contribution is -2.35. The number of anilines is 2. The molecule has 2 N–H and O–H groups in total. The van der Waals surface area contributed by atoms with Gasteiger partial charge in [0, 0.05) is 43.2 Å². The highest BCUT2D eigenvalue weighted by molar-refractivity contribution is 6.07. The number of carbonyl (C=O) groups is 2. The van der Waals surface area contributed by atoms with Gasteiger partial charge in [-0.2, -0.15) is 0 Å². The number of aryl methyl sites for hydroxylation is 1. The van der Waals surface area contributed by atoms with Gasteiger partial charge in [0.1, 0.15) is 0 Å². The Morgan fingerprint density at radius 1 is 1.00 bits per heavy atom. The first-order valence-corrected chi connectivity index (χ1v) is 11.3. The highest BCUT2D eigenvalue weighted by Gasteiger charge is 2.22. The van der Waals surface area contributed by atoms with E-state index in [1.54, 1.807) is 6.07 Å². The number of amides is 2. The number of carbonyl (C=O) groups excluding carboxylic acids is 2. The molecule has 1 atom stereocenters. The van der Waals surface area contributed by atoms with Crippen LogP contribution in [-0.2, 0) is 4.74 Å². The molecule has 6 nitrogen and oxygen atoms in total. The van der Waals surface area contributed by atoms with Gasteiger partial charge in [-0.25, -0.2) is 0 Å². The first kappa shape index (κ1) is 21.4. The molecule has 0 aromatic heterocycles. The van der Waals surface area contributed by atoms with E-state index in [0.717, 1.165) is 56.6 Å². The third kappa shape index (κ3) is 5.25. The van der Waals surface area contributed by atoms with Crippen molar-refractivity contribution >= 4 is 23.2 Å². The summed E-state index contributed by atoms with van der Waals surface area (Å²) in [6.45, 7) is 5.08. The maximum atomic E-state index is 13.1. The van der Waals surface area contributed by atoms with E-state index in [1.807, 2.05) is 43.3 Å². The Labute approximate surface area is 184 Å². The zero-order valence-electron chi connectivity index (χ0n) is 18.2. The van der Waals surface area contributed by atoms with E-state index in [4.69, 9.17) is 4.74 Å². The lowest BCUT2D eigenvalue weighted by atomic mass is 10.0. The summed E-state index contributed by atoms with van der Waals surface area (Å²) < 4.78 is 5.64. The van der Waals surface area contributed by atoms with Crippen molar-refractivity contribution < 1.29 is 14.3 Å². The van der Waals surface area contributed by atoms with E-state index in [2.05, 4.69) is 15.5 Å². The molecule has 6 heteroatoms. The van der Waals surface area contributed by atoms with E-state index in [1.165, 1.54) is 6.42 Å². The van der Waals surface area contributed by atoms with Gasteiger partial charge in [0.05, 0.1) is 11.7 Å². The maximum absolute atomic E-state index is 13.1. The lowest BCUT2D eigenvalue weighted by Gasteiger charge is -2.30. The van der Waals surface area contributed by atoms with Crippen LogP contribution in [0.4, 0.5) is 11.4 Å². The molecule has 2 aromatic carbocycles. The fraction of sp³-hybridized carbons (Fsp3) is 0.440. The Morgan fingerprint density at radius 3 is 2.55 bits per heavy atom. The second kappa shape index (κ2) is 9.96. The van der Waals surface area contributed by atoms with Crippen LogP contribution in [0.1, 0.15) is 58.4 Å². The van der Waals surface area contributed by atoms with Crippen molar-refractivity contribution in [3.05, 3.63) is 59.2 Å². The summed E-state index contributed by atoms with van der Waals surface area (Å²) in [6, 6.07) is 13.1. The first-order valence-electron chi connectivity index (χ1n) is 11.3. The van der Waals surface area contributed by atoms with Crippen molar-refractivity contribution in [2.24, 2.45) is 0 Å². The Morgan fingerprint density at radius 2 is 1.81 bits per heavy atom. The van der Waals surface area contributed by atoms with Gasteiger partial charge in [-0.3, -0.25) is 9.59 Å². The van der Waals surface area contributed by atoms with Crippen molar-refractivity contribution in [1.29, 1.82) is 0 Å². The largest absolute Gasteiger partial charge is 0.376 e. The van der Waals surface area contributed by atoms with Gasteiger partial charge in [0.25, 0.3) is 11.8 Å². The first-order chi connectivity index (χ1) is 15.1. The van der Waals surface area contributed by atoms with Crippen molar-refractivity contribution in [3.63, 3.8) is 0 Å². The molecular formula is C25H31N3O3. The molecule has 0 unspecified atom stereocenters. The van der Waals surface area contributed by atoms with Crippen LogP contribution in [0.25, 0.3) is 0 Å². The van der Waals surface area contributed by atoms with Crippen LogP contribution >= 0.6 is 0 Å². The van der Waals surface area contributed by atoms with E-state index in [-0.39, 0.29) is 17.9 Å². The molecule has 4 rings (SSSR count). The number of benzene rings is 2. The molecule has 2 aromatic rings. The second-order valence-corrected chi connectivity index (χ2v) is 8.39. The number of hydrogen-bond donors (Lipinski definition) is 2. The molecule has 0 aliphatic carbocycles. The van der Waals surface area contributed by atoms with Crippen LogP contribution < -0.4 is 15.5 Å². The van der Waals surface area contributed by atoms with Gasteiger partial charge in [0.2, 0.25) is 0 Å². The van der Waals surface area contributed by atoms with Crippen LogP contribution in [0, 0.1) is 6.92 Å². The normalized spacial score (nSPS) is 18.6. The zero-order chi connectivity index (χ0) is 21.6. The molecule has 31 heavy (non-hydrogen) atoms. The van der Waals surface area contributed by atoms with Crippen molar-refractivity contribution in [1.82, 2.24) is 5.32 Å². The minimum Gasteiger partial charge on any atom is -0.376 e. The standard InChI is InChI=1S/C25H31N3O3/c1-18-8-3-4-10-21(18)25(30)27-19-11-12-23(28-13-5-2-6-14-28)22(16-19)24(29)26-17-20-9-7-15-31-20/h3-4,8,10-12,16,20H,2,5-7,9,13-15,17H2,1H3,(H,26,29)(H,27,30)/t20-/m1/s1. The van der Waals surface area contributed by atoms with Crippen LogP contribution in [0.5, 0.6) is 0 Å². The third-order valence-corrected chi connectivity index (χ3v) is 6.10. The van der Waals surface area contributed by atoms with Crippen LogP contribution in [0.3, 0.4) is 0 Å². The Hall–Kier alpha value is -2.86. The zero-order valence-corrected chi connectivity index (χ0v) is 18.2. The van der Waals surface area contributed by atoms with Crippen molar-refractivity contribution in [3.8, 4) is 0 Å². The third-order valence-electron chi connectivity index (χ3n) is 6.10. The predicted octanol–water partition coefficient (Wildman–Crippen LogP) is 4.15. The molecule has 0 radical (unpaired) electrons. The summed E-state index contributed by atoms with van der Waals surface area (Å²) in [7, 11) is 0. The summed E-state index contributed by atoms with van der Waals surface area (Å²) >= 11 is 0. The summed E-state index contributed by atoms with van der Waals surface area (Å²) in [5.74, 6) is -0.294. The molecule has 0 bridgehead atoms. The summed E-state index contributed by atoms with van der Waals surface area (Å²) in [5.41, 5.74) is 3.70. The number of nitrogens with zero attached hydrogens (tertiary/aromatic N) is 1. The molecule has 0 spiro atoms. The van der Waals surface area contributed by atoms with Crippen molar-refractivity contribution in [2.75, 3.05) is 36.5 Å². The Kier molecular flexibility index (Phi) is 6.87. The molecule has 2 aliphatic rings. The summed E-state index contributed by atoms with van der Waals surface area (Å²) in [6.07, 6.45) is 5.59. The molecule has 2 fully saturated rings. The van der Waals surface area contributed by atoms with Crippen LogP contribution in [-0.4, -0.2) is 44.2 Å². The molecule has 164 valence electrons. The fourth-order valence-electron chi connectivity index (χ4n) is 4.34. The monoisotopic (exact) mass is 421 g/mol. The Bertz CT molecular complexity index is 931. The van der Waals surface area contributed by atoms with E-state index < -0.39 is 0 Å². The van der Waals surface area contributed by atoms with Gasteiger partial charge in [-0.1, -0.05) is 18.2 Å². The minimum atomic E-state index is -0.172. The maximum Gasteiger partial charge on any atom is 0.255 e. The van der Waals surface area contributed by atoms with E-state index in [0.29, 0.717) is 23.4 Å². The fourth-order valence-corrected chi connectivity index (χ4v) is 4.34. The molecule has 2 saturated heterocycles. The van der Waals surface area contributed by atoms with Gasteiger partial charge in [0.15, 0.2) is 0 Å². The number of rotatable bonds is 6. The Balaban J connectivity index is 1.55. The number of nitrogens with one attached hydrogen (secondary N) is 2. The molecule has 2 heterocycles. The lowest BCUT2D eigenvalue weighted by molar-refractivity contribution is 0.0858. The number of ether oxygens (including phenoxy) is 1. The van der Waals surface area contributed by atoms with E-state index >= 15 is 0 Å². The molecule has 2 amide bonds. The SMILES string of the molecule is Cc1ccccc1C(=O)Nc1ccc(N2CCCCC2)c(C(=O)NC[C@H]2CCCO2)c1. The topological polar surface area (TPSA) is 70.7 Å². The number of piperidine rings is 1. The summed E-state index contributed by atoms with van der Waals surface area (Å²) in [5, 5.41) is 6.00. The van der Waals surface area contributed by atoms with Gasteiger partial charge in [-0.05, 0) is 68.9 Å². The van der Waals surface area contributed by atoms with Gasteiger partial charge < -0.3 is 20.3 Å². The average Bonchev–Trinajstić information content (AvgIpc) is 3.32. The highest BCUT2D eigenvalue weighted by Crippen LogP contribution is 2.28. The van der Waals surface area contributed by atoms with Crippen molar-refractivity contribution in [2.45, 2.75) is 45.1 Å². The average molecular weight is 422 g/mol. The smallest absolute Gasteiger partial charge is 0.255 e. The van der Waals surface area contributed by atoms with Gasteiger partial charge >= 0.3 is 0 Å². The number of hydrogen-bond acceptors (Lipinski definition) is 4. The molecular weight excluding hydrogens is 390 g/mol. The second-order valence-electron chi connectivity index (χ2n) is 8.39. The van der Waals surface area contributed by atoms with Crippen LogP contribution in [0.2, 0.25) is 0 Å². The van der Waals surface area contributed by atoms with Gasteiger partial charge in [-0.15, -0.1) is 0 Å². The minimum absolute atomic E-state index is 0.0892. The predicted molar refractivity (Wildman–Crippen MR) is 123 cm³/mol. The van der Waals surface area contributed by atoms with Crippen LogP contribution in [0.15, 0.2) is 42.5 Å². The molecule has 0 saturated carbocycles.